The second-order valence-electron chi connectivity index (χ2n) is 4.80. The van der Waals surface area contributed by atoms with Crippen LogP contribution in [0, 0.1) is 5.82 Å². The summed E-state index contributed by atoms with van der Waals surface area (Å²) in [7, 11) is 3.42. The van der Waals surface area contributed by atoms with Gasteiger partial charge in [-0.1, -0.05) is 18.2 Å². The molecule has 0 saturated carbocycles. The molecule has 0 aromatic heterocycles. The van der Waals surface area contributed by atoms with Crippen LogP contribution >= 0.6 is 0 Å². The highest BCUT2D eigenvalue weighted by Crippen LogP contribution is 2.28. The molecule has 1 unspecified atom stereocenters. The summed E-state index contributed by atoms with van der Waals surface area (Å²) in [5.41, 5.74) is 1.52. The maximum atomic E-state index is 14.0. The number of nitrogens with one attached hydrogen (secondary N) is 1. The molecule has 0 heterocycles. The topological polar surface area (TPSA) is 30.5 Å². The zero-order valence-corrected chi connectivity index (χ0v) is 12.5. The summed E-state index contributed by atoms with van der Waals surface area (Å²) in [6, 6.07) is 12.4. The molecule has 0 amide bonds. The third kappa shape index (κ3) is 3.73. The van der Waals surface area contributed by atoms with Gasteiger partial charge in [0.15, 0.2) is 0 Å². The van der Waals surface area contributed by atoms with E-state index in [1.165, 1.54) is 6.07 Å². The summed E-state index contributed by atoms with van der Waals surface area (Å²) in [6.45, 7) is 2.26. The van der Waals surface area contributed by atoms with Gasteiger partial charge in [-0.3, -0.25) is 0 Å². The normalized spacial score (nSPS) is 12.0. The molecule has 112 valence electrons. The maximum absolute atomic E-state index is 14.0. The average Bonchev–Trinajstić information content (AvgIpc) is 2.52. The Balaban J connectivity index is 2.18. The van der Waals surface area contributed by atoms with Gasteiger partial charge in [-0.25, -0.2) is 4.39 Å². The van der Waals surface area contributed by atoms with Crippen LogP contribution in [0.1, 0.15) is 24.1 Å². The second kappa shape index (κ2) is 7.09. The Bertz CT molecular complexity index is 601. The van der Waals surface area contributed by atoms with Crippen molar-refractivity contribution in [1.82, 2.24) is 5.32 Å². The zero-order valence-electron chi connectivity index (χ0n) is 12.5. The molecule has 4 heteroatoms. The highest BCUT2D eigenvalue weighted by molar-refractivity contribution is 5.37. The number of rotatable bonds is 6. The number of methoxy groups -OCH3 is 1. The van der Waals surface area contributed by atoms with E-state index < -0.39 is 0 Å². The van der Waals surface area contributed by atoms with Crippen LogP contribution in [-0.2, 0) is 6.61 Å². The first-order valence-corrected chi connectivity index (χ1v) is 6.87. The van der Waals surface area contributed by atoms with E-state index in [-0.39, 0.29) is 11.9 Å². The molecule has 2 aromatic carbocycles. The second-order valence-corrected chi connectivity index (χ2v) is 4.80. The van der Waals surface area contributed by atoms with Crippen LogP contribution in [0.4, 0.5) is 4.39 Å². The number of ether oxygens (including phenoxy) is 2. The number of halogens is 1. The summed E-state index contributed by atoms with van der Waals surface area (Å²) in [5.74, 6) is 1.07. The van der Waals surface area contributed by atoms with E-state index in [2.05, 4.69) is 5.32 Å². The van der Waals surface area contributed by atoms with Gasteiger partial charge in [-0.15, -0.1) is 0 Å². The van der Waals surface area contributed by atoms with E-state index in [0.717, 1.165) is 11.3 Å². The molecule has 0 saturated heterocycles. The Kier molecular flexibility index (Phi) is 5.17. The predicted molar refractivity (Wildman–Crippen MR) is 81.2 cm³/mol. The van der Waals surface area contributed by atoms with Crippen molar-refractivity contribution in [1.29, 1.82) is 0 Å². The van der Waals surface area contributed by atoms with Gasteiger partial charge in [-0.2, -0.15) is 0 Å². The number of hydrogen-bond acceptors (Lipinski definition) is 3. The molecule has 0 aliphatic carbocycles. The standard InChI is InChI=1S/C17H20FNO2/c1-12(19-2)17-15(18)8-5-9-16(17)21-11-13-6-4-7-14(10-13)20-3/h4-10,12,19H,11H2,1-3H3. The van der Waals surface area contributed by atoms with Gasteiger partial charge < -0.3 is 14.8 Å². The molecule has 0 aliphatic rings. The molecule has 0 fully saturated rings. The molecule has 21 heavy (non-hydrogen) atoms. The summed E-state index contributed by atoms with van der Waals surface area (Å²) < 4.78 is 25.0. The lowest BCUT2D eigenvalue weighted by Crippen LogP contribution is -2.15. The van der Waals surface area contributed by atoms with E-state index in [4.69, 9.17) is 9.47 Å². The lowest BCUT2D eigenvalue weighted by Gasteiger charge is -2.17. The molecule has 0 spiro atoms. The Morgan fingerprint density at radius 2 is 1.95 bits per heavy atom. The minimum absolute atomic E-state index is 0.119. The monoisotopic (exact) mass is 289 g/mol. The molecule has 2 rings (SSSR count). The SMILES string of the molecule is CNC(C)c1c(F)cccc1OCc1cccc(OC)c1. The van der Waals surface area contributed by atoms with Crippen molar-refractivity contribution in [3.8, 4) is 11.5 Å². The molecule has 0 aliphatic heterocycles. The molecular weight excluding hydrogens is 269 g/mol. The van der Waals surface area contributed by atoms with E-state index in [9.17, 15) is 4.39 Å². The van der Waals surface area contributed by atoms with Gasteiger partial charge >= 0.3 is 0 Å². The molecular formula is C17H20FNO2. The largest absolute Gasteiger partial charge is 0.497 e. The van der Waals surface area contributed by atoms with E-state index in [1.807, 2.05) is 31.2 Å². The summed E-state index contributed by atoms with van der Waals surface area (Å²) in [4.78, 5) is 0. The molecule has 1 atom stereocenters. The van der Waals surface area contributed by atoms with E-state index in [0.29, 0.717) is 17.9 Å². The van der Waals surface area contributed by atoms with Gasteiger partial charge in [0.05, 0.1) is 7.11 Å². The van der Waals surface area contributed by atoms with Crippen LogP contribution in [0.2, 0.25) is 0 Å². The fraction of sp³-hybridized carbons (Fsp3) is 0.294. The van der Waals surface area contributed by atoms with Gasteiger partial charge in [0.2, 0.25) is 0 Å². The highest BCUT2D eigenvalue weighted by atomic mass is 19.1. The number of benzene rings is 2. The van der Waals surface area contributed by atoms with Crippen LogP contribution in [0.25, 0.3) is 0 Å². The van der Waals surface area contributed by atoms with Crippen LogP contribution in [0.3, 0.4) is 0 Å². The third-order valence-electron chi connectivity index (χ3n) is 3.41. The fourth-order valence-electron chi connectivity index (χ4n) is 2.13. The lowest BCUT2D eigenvalue weighted by molar-refractivity contribution is 0.296. The Morgan fingerprint density at radius 1 is 1.19 bits per heavy atom. The van der Waals surface area contributed by atoms with Gasteiger partial charge in [-0.05, 0) is 43.8 Å². The van der Waals surface area contributed by atoms with Crippen LogP contribution in [0.15, 0.2) is 42.5 Å². The van der Waals surface area contributed by atoms with Crippen LogP contribution in [0.5, 0.6) is 11.5 Å². The van der Waals surface area contributed by atoms with Crippen molar-refractivity contribution in [2.24, 2.45) is 0 Å². The van der Waals surface area contributed by atoms with Gasteiger partial charge in [0, 0.05) is 11.6 Å². The first-order valence-electron chi connectivity index (χ1n) is 6.87. The van der Waals surface area contributed by atoms with Crippen molar-refractivity contribution in [2.75, 3.05) is 14.2 Å². The Labute approximate surface area is 124 Å². The molecule has 3 nitrogen and oxygen atoms in total. The fourth-order valence-corrected chi connectivity index (χ4v) is 2.13. The maximum Gasteiger partial charge on any atom is 0.131 e. The Morgan fingerprint density at radius 3 is 2.67 bits per heavy atom. The summed E-state index contributed by atoms with van der Waals surface area (Å²) >= 11 is 0. The predicted octanol–water partition coefficient (Wildman–Crippen LogP) is 3.69. The minimum atomic E-state index is -0.264. The summed E-state index contributed by atoms with van der Waals surface area (Å²) in [6.07, 6.45) is 0. The van der Waals surface area contributed by atoms with Crippen molar-refractivity contribution in [3.63, 3.8) is 0 Å². The molecule has 1 N–H and O–H groups in total. The van der Waals surface area contributed by atoms with Gasteiger partial charge in [0.25, 0.3) is 0 Å². The van der Waals surface area contributed by atoms with E-state index >= 15 is 0 Å². The van der Waals surface area contributed by atoms with Crippen molar-refractivity contribution < 1.29 is 13.9 Å². The van der Waals surface area contributed by atoms with Crippen LogP contribution < -0.4 is 14.8 Å². The lowest BCUT2D eigenvalue weighted by atomic mass is 10.1. The summed E-state index contributed by atoms with van der Waals surface area (Å²) in [5, 5.41) is 3.04. The smallest absolute Gasteiger partial charge is 0.131 e. The average molecular weight is 289 g/mol. The Hall–Kier alpha value is -2.07. The van der Waals surface area contributed by atoms with Gasteiger partial charge in [0.1, 0.15) is 23.9 Å². The number of hydrogen-bond donors (Lipinski definition) is 1. The van der Waals surface area contributed by atoms with Crippen molar-refractivity contribution in [3.05, 3.63) is 59.4 Å². The van der Waals surface area contributed by atoms with Crippen LogP contribution in [-0.4, -0.2) is 14.2 Å². The van der Waals surface area contributed by atoms with Crippen molar-refractivity contribution in [2.45, 2.75) is 19.6 Å². The minimum Gasteiger partial charge on any atom is -0.497 e. The highest BCUT2D eigenvalue weighted by Gasteiger charge is 2.15. The van der Waals surface area contributed by atoms with Crippen molar-refractivity contribution >= 4 is 0 Å². The first kappa shape index (κ1) is 15.3. The molecule has 0 bridgehead atoms. The third-order valence-corrected chi connectivity index (χ3v) is 3.41. The van der Waals surface area contributed by atoms with E-state index in [1.54, 1.807) is 26.3 Å². The molecule has 2 aromatic rings. The molecule has 0 radical (unpaired) electrons. The quantitative estimate of drug-likeness (QED) is 0.879. The first-order chi connectivity index (χ1) is 10.2. The zero-order chi connectivity index (χ0) is 15.2.